The summed E-state index contributed by atoms with van der Waals surface area (Å²) in [7, 11) is 5.47. The highest BCUT2D eigenvalue weighted by atomic mass is 35.5. The highest BCUT2D eigenvalue weighted by molar-refractivity contribution is 6.20. The molecule has 52 heavy (non-hydrogen) atoms. The average Bonchev–Trinajstić information content (AvgIpc) is 3.78. The third kappa shape index (κ3) is 6.92. The number of rotatable bonds is 7. The zero-order valence-electron chi connectivity index (χ0n) is 30.7. The minimum atomic E-state index is -1.55. The number of aryl methyl sites for hydroxylation is 1. The summed E-state index contributed by atoms with van der Waals surface area (Å²) in [4.78, 5) is 72.6. The van der Waals surface area contributed by atoms with Gasteiger partial charge in [0.15, 0.2) is 11.5 Å². The standard InChI is InChI=1S/C36H42ClN5O10/c1-18-26(31(44)49-10)28-27-20(16-37)17-42(30(43)25-14-19-13-21(48-9)11-12-23(19)50-25)22(27)15-24(29(28)38-18)51-34(47)40(7)36(5,6)32(45)41(8)39-33(46)52-35(2,3)4/h11-15,20,38H,16-17H2,1-10H3,(H,39,46)/t20-/m1/s1. The summed E-state index contributed by atoms with van der Waals surface area (Å²) in [5.74, 6) is -1.53. The van der Waals surface area contributed by atoms with Crippen LogP contribution in [0.25, 0.3) is 21.9 Å². The number of carbonyl (C=O) groups is 5. The molecule has 4 aromatic rings. The van der Waals surface area contributed by atoms with E-state index in [2.05, 4.69) is 10.4 Å². The van der Waals surface area contributed by atoms with Gasteiger partial charge in [0.1, 0.15) is 22.5 Å². The lowest BCUT2D eigenvalue weighted by molar-refractivity contribution is -0.142. The summed E-state index contributed by atoms with van der Waals surface area (Å²) in [6, 6.07) is 8.29. The fourth-order valence-electron chi connectivity index (χ4n) is 6.10. The van der Waals surface area contributed by atoms with Crippen molar-refractivity contribution >= 4 is 69.1 Å². The van der Waals surface area contributed by atoms with Crippen molar-refractivity contribution in [2.24, 2.45) is 0 Å². The summed E-state index contributed by atoms with van der Waals surface area (Å²) in [6.45, 7) is 9.79. The van der Waals surface area contributed by atoms with Crippen LogP contribution < -0.4 is 19.8 Å². The predicted molar refractivity (Wildman–Crippen MR) is 192 cm³/mol. The van der Waals surface area contributed by atoms with Crippen LogP contribution in [0.4, 0.5) is 15.3 Å². The number of amides is 4. The van der Waals surface area contributed by atoms with Crippen molar-refractivity contribution in [2.45, 2.75) is 58.6 Å². The third-order valence-corrected chi connectivity index (χ3v) is 9.27. The largest absolute Gasteiger partial charge is 0.497 e. The van der Waals surface area contributed by atoms with Crippen molar-refractivity contribution in [3.63, 3.8) is 0 Å². The fourth-order valence-corrected chi connectivity index (χ4v) is 6.36. The maximum atomic E-state index is 14.1. The molecule has 2 aromatic heterocycles. The van der Waals surface area contributed by atoms with Crippen LogP contribution in [0.5, 0.6) is 11.5 Å². The molecule has 1 aliphatic rings. The molecule has 0 saturated heterocycles. The highest BCUT2D eigenvalue weighted by Gasteiger charge is 2.42. The summed E-state index contributed by atoms with van der Waals surface area (Å²) in [5.41, 5.74) is 2.29. The molecule has 3 heterocycles. The number of benzene rings is 2. The molecule has 0 saturated carbocycles. The number of alkyl halides is 1. The SMILES string of the molecule is COC(=O)c1c(C)[nH]c2c(OC(=O)N(C)C(C)(C)C(=O)N(C)NC(=O)OC(C)(C)C)cc3c(c12)[C@H](CCl)CN3C(=O)c1cc2cc(OC)ccc2o1. The first kappa shape index (κ1) is 37.8. The number of anilines is 1. The van der Waals surface area contributed by atoms with E-state index in [1.807, 2.05) is 0 Å². The Labute approximate surface area is 305 Å². The molecule has 1 aliphatic heterocycles. The number of esters is 1. The molecule has 0 aliphatic carbocycles. The van der Waals surface area contributed by atoms with Crippen LogP contribution in [-0.2, 0) is 14.3 Å². The molecule has 4 amide bonds. The van der Waals surface area contributed by atoms with E-state index in [0.717, 1.165) is 9.91 Å². The zero-order valence-corrected chi connectivity index (χ0v) is 31.4. The lowest BCUT2D eigenvalue weighted by Gasteiger charge is -2.36. The van der Waals surface area contributed by atoms with Gasteiger partial charge < -0.3 is 33.2 Å². The summed E-state index contributed by atoms with van der Waals surface area (Å²) >= 11 is 6.49. The topological polar surface area (TPSA) is 173 Å². The van der Waals surface area contributed by atoms with E-state index in [-0.39, 0.29) is 35.0 Å². The van der Waals surface area contributed by atoms with Crippen LogP contribution in [0.1, 0.15) is 72.7 Å². The number of likely N-dealkylation sites (N-methyl/N-ethyl adjacent to an activating group) is 2. The second-order valence-electron chi connectivity index (χ2n) is 13.9. The number of ether oxygens (including phenoxy) is 4. The number of hydrazine groups is 1. The number of fused-ring (bicyclic) bond motifs is 4. The normalized spacial score (nSPS) is 14.2. The molecule has 2 N–H and O–H groups in total. The van der Waals surface area contributed by atoms with Crippen molar-refractivity contribution in [3.05, 3.63) is 52.9 Å². The number of methoxy groups -OCH3 is 2. The number of furan rings is 1. The lowest BCUT2D eigenvalue weighted by atomic mass is 9.95. The number of nitrogens with one attached hydrogen (secondary N) is 2. The molecular weight excluding hydrogens is 698 g/mol. The van der Waals surface area contributed by atoms with Gasteiger partial charge in [-0.05, 0) is 71.4 Å². The van der Waals surface area contributed by atoms with E-state index >= 15 is 0 Å². The van der Waals surface area contributed by atoms with Crippen LogP contribution in [0.15, 0.2) is 34.7 Å². The molecule has 5 rings (SSSR count). The van der Waals surface area contributed by atoms with Crippen molar-refractivity contribution in [2.75, 3.05) is 45.6 Å². The van der Waals surface area contributed by atoms with E-state index in [1.54, 1.807) is 52.0 Å². The van der Waals surface area contributed by atoms with Gasteiger partial charge in [-0.15, -0.1) is 11.6 Å². The van der Waals surface area contributed by atoms with Gasteiger partial charge in [0.05, 0.1) is 31.0 Å². The average molecular weight is 740 g/mol. The molecule has 278 valence electrons. The highest BCUT2D eigenvalue weighted by Crippen LogP contribution is 2.48. The van der Waals surface area contributed by atoms with Gasteiger partial charge in [-0.1, -0.05) is 0 Å². The Morgan fingerprint density at radius 1 is 1.06 bits per heavy atom. The fraction of sp³-hybridized carbons (Fsp3) is 0.417. The molecule has 0 spiro atoms. The maximum Gasteiger partial charge on any atom is 0.426 e. The van der Waals surface area contributed by atoms with Gasteiger partial charge >= 0.3 is 18.2 Å². The predicted octanol–water partition coefficient (Wildman–Crippen LogP) is 6.11. The van der Waals surface area contributed by atoms with Crippen LogP contribution in [0.2, 0.25) is 0 Å². The van der Waals surface area contributed by atoms with E-state index in [4.69, 9.17) is 35.0 Å². The number of halogens is 1. The Morgan fingerprint density at radius 2 is 1.75 bits per heavy atom. The van der Waals surface area contributed by atoms with Gasteiger partial charge in [-0.2, -0.15) is 0 Å². The second-order valence-corrected chi connectivity index (χ2v) is 14.2. The molecule has 16 heteroatoms. The number of hydrogen-bond donors (Lipinski definition) is 2. The van der Waals surface area contributed by atoms with Crippen LogP contribution in [0.3, 0.4) is 0 Å². The minimum Gasteiger partial charge on any atom is -0.497 e. The number of H-pyrrole nitrogens is 1. The van der Waals surface area contributed by atoms with Crippen molar-refractivity contribution in [1.29, 1.82) is 0 Å². The first-order valence-electron chi connectivity index (χ1n) is 16.3. The molecule has 0 unspecified atom stereocenters. The number of aromatic amines is 1. The van der Waals surface area contributed by atoms with Crippen LogP contribution >= 0.6 is 11.6 Å². The Morgan fingerprint density at radius 3 is 2.37 bits per heavy atom. The summed E-state index contributed by atoms with van der Waals surface area (Å²) in [5, 5.41) is 1.95. The van der Waals surface area contributed by atoms with Crippen molar-refractivity contribution < 1.29 is 47.3 Å². The number of hydrogen-bond acceptors (Lipinski definition) is 10. The number of aromatic nitrogens is 1. The summed E-state index contributed by atoms with van der Waals surface area (Å²) in [6.07, 6.45) is -1.81. The van der Waals surface area contributed by atoms with Crippen molar-refractivity contribution in [3.8, 4) is 11.5 Å². The minimum absolute atomic E-state index is 0.0327. The zero-order chi connectivity index (χ0) is 38.4. The van der Waals surface area contributed by atoms with Crippen LogP contribution in [-0.4, -0.2) is 96.7 Å². The smallest absolute Gasteiger partial charge is 0.426 e. The summed E-state index contributed by atoms with van der Waals surface area (Å²) < 4.78 is 27.5. The molecule has 2 aromatic carbocycles. The van der Waals surface area contributed by atoms with E-state index in [0.29, 0.717) is 39.0 Å². The van der Waals surface area contributed by atoms with Gasteiger partial charge in [0.25, 0.3) is 11.8 Å². The van der Waals surface area contributed by atoms with E-state index in [9.17, 15) is 24.0 Å². The van der Waals surface area contributed by atoms with Gasteiger partial charge in [0, 0.05) is 55.0 Å². The second kappa shape index (κ2) is 13.9. The van der Waals surface area contributed by atoms with Gasteiger partial charge in [-0.25, -0.2) is 19.8 Å². The molecule has 0 bridgehead atoms. The Bertz CT molecular complexity index is 2100. The van der Waals surface area contributed by atoms with Gasteiger partial charge in [-0.3, -0.25) is 19.5 Å². The maximum absolute atomic E-state index is 14.1. The molecule has 0 fully saturated rings. The first-order chi connectivity index (χ1) is 24.3. The molecular formula is C36H42ClN5O10. The lowest BCUT2D eigenvalue weighted by Crippen LogP contribution is -2.60. The Balaban J connectivity index is 1.55. The van der Waals surface area contributed by atoms with E-state index in [1.165, 1.54) is 53.1 Å². The number of carbonyl (C=O) groups excluding carboxylic acids is 5. The third-order valence-electron chi connectivity index (χ3n) is 8.90. The Kier molecular flexibility index (Phi) is 10.1. The van der Waals surface area contributed by atoms with Gasteiger partial charge in [0.2, 0.25) is 0 Å². The quantitative estimate of drug-likeness (QED) is 0.128. The molecule has 15 nitrogen and oxygen atoms in total. The Hall–Kier alpha value is -5.44. The first-order valence-corrected chi connectivity index (χ1v) is 16.8. The van der Waals surface area contributed by atoms with Crippen molar-refractivity contribution in [1.82, 2.24) is 20.3 Å². The van der Waals surface area contributed by atoms with E-state index < -0.39 is 47.0 Å². The number of nitrogens with zero attached hydrogens (tertiary/aromatic N) is 3. The molecule has 1 atom stereocenters. The molecule has 0 radical (unpaired) electrons. The monoisotopic (exact) mass is 739 g/mol. The van der Waals surface area contributed by atoms with Crippen LogP contribution in [0, 0.1) is 6.92 Å².